The lowest BCUT2D eigenvalue weighted by Gasteiger charge is -2.22. The van der Waals surface area contributed by atoms with E-state index in [9.17, 15) is 4.79 Å². The minimum Gasteiger partial charge on any atom is -0.469 e. The molecule has 0 fully saturated rings. The van der Waals surface area contributed by atoms with E-state index in [1.807, 2.05) is 19.1 Å². The van der Waals surface area contributed by atoms with Crippen LogP contribution in [0.25, 0.3) is 0 Å². The molecule has 102 valence electrons. The van der Waals surface area contributed by atoms with Crippen LogP contribution in [0.3, 0.4) is 0 Å². The van der Waals surface area contributed by atoms with Gasteiger partial charge in [0.1, 0.15) is 11.8 Å². The number of carbonyl (C=O) groups excluding carboxylic acids is 1. The third kappa shape index (κ3) is 4.92. The van der Waals surface area contributed by atoms with Crippen LogP contribution in [-0.2, 0) is 16.0 Å². The number of rotatable bonds is 7. The lowest BCUT2D eigenvalue weighted by molar-refractivity contribution is -0.143. The van der Waals surface area contributed by atoms with E-state index in [2.05, 4.69) is 19.2 Å². The van der Waals surface area contributed by atoms with Gasteiger partial charge in [0.05, 0.1) is 13.4 Å². The molecule has 0 saturated heterocycles. The summed E-state index contributed by atoms with van der Waals surface area (Å²) < 4.78 is 10.1. The van der Waals surface area contributed by atoms with E-state index in [1.54, 1.807) is 6.26 Å². The minimum atomic E-state index is -0.250. The molecule has 1 N–H and O–H groups in total. The molecule has 0 aliphatic rings. The average molecular weight is 253 g/mol. The maximum atomic E-state index is 11.7. The topological polar surface area (TPSA) is 51.5 Å². The van der Waals surface area contributed by atoms with Gasteiger partial charge in [-0.3, -0.25) is 4.79 Å². The summed E-state index contributed by atoms with van der Waals surface area (Å²) in [5.74, 6) is 1.16. The Morgan fingerprint density at radius 3 is 2.67 bits per heavy atom. The predicted molar refractivity (Wildman–Crippen MR) is 70.3 cm³/mol. The van der Waals surface area contributed by atoms with E-state index in [-0.39, 0.29) is 18.1 Å². The van der Waals surface area contributed by atoms with Crippen LogP contribution in [-0.4, -0.2) is 25.2 Å². The lowest BCUT2D eigenvalue weighted by Crippen LogP contribution is -2.44. The summed E-state index contributed by atoms with van der Waals surface area (Å²) in [6, 6.07) is 3.72. The number of esters is 1. The normalized spacial score (nSPS) is 14.5. The molecule has 0 aromatic carbocycles. The summed E-state index contributed by atoms with van der Waals surface area (Å²) in [6.07, 6.45) is 3.20. The molecule has 4 heteroatoms. The third-order valence-electron chi connectivity index (χ3n) is 2.77. The van der Waals surface area contributed by atoms with Crippen molar-refractivity contribution in [2.45, 2.75) is 45.7 Å². The lowest BCUT2D eigenvalue weighted by atomic mass is 10.0. The van der Waals surface area contributed by atoms with Crippen LogP contribution < -0.4 is 5.32 Å². The van der Waals surface area contributed by atoms with Crippen molar-refractivity contribution >= 4 is 5.97 Å². The summed E-state index contributed by atoms with van der Waals surface area (Å²) in [6.45, 7) is 6.22. The molecule has 2 atom stereocenters. The van der Waals surface area contributed by atoms with Gasteiger partial charge in [0.25, 0.3) is 0 Å². The number of hydrogen-bond acceptors (Lipinski definition) is 4. The molecular formula is C14H23NO3. The molecule has 0 spiro atoms. The molecule has 18 heavy (non-hydrogen) atoms. The van der Waals surface area contributed by atoms with Crippen LogP contribution in [0.4, 0.5) is 0 Å². The van der Waals surface area contributed by atoms with Crippen molar-refractivity contribution in [2.24, 2.45) is 5.92 Å². The highest BCUT2D eigenvalue weighted by molar-refractivity contribution is 5.75. The zero-order valence-corrected chi connectivity index (χ0v) is 11.6. The van der Waals surface area contributed by atoms with Gasteiger partial charge >= 0.3 is 5.97 Å². The van der Waals surface area contributed by atoms with Gasteiger partial charge in [0, 0.05) is 12.5 Å². The molecule has 4 nitrogen and oxygen atoms in total. The smallest absolute Gasteiger partial charge is 0.322 e. The van der Waals surface area contributed by atoms with E-state index >= 15 is 0 Å². The van der Waals surface area contributed by atoms with Crippen LogP contribution >= 0.6 is 0 Å². The largest absolute Gasteiger partial charge is 0.469 e. The van der Waals surface area contributed by atoms with E-state index in [4.69, 9.17) is 9.15 Å². The van der Waals surface area contributed by atoms with Crippen LogP contribution in [0.1, 0.15) is 33.0 Å². The molecule has 2 unspecified atom stereocenters. The first-order valence-electron chi connectivity index (χ1n) is 6.39. The van der Waals surface area contributed by atoms with Crippen molar-refractivity contribution in [3.63, 3.8) is 0 Å². The van der Waals surface area contributed by atoms with Gasteiger partial charge in [0.15, 0.2) is 0 Å². The molecule has 0 bridgehead atoms. The monoisotopic (exact) mass is 253 g/mol. The Bertz CT molecular complexity index is 346. The standard InChI is InChI=1S/C14H23NO3/c1-10(2)8-13(14(16)17-4)15-11(3)9-12-6-5-7-18-12/h5-7,10-11,13,15H,8-9H2,1-4H3. The van der Waals surface area contributed by atoms with Crippen LogP contribution in [0.2, 0.25) is 0 Å². The van der Waals surface area contributed by atoms with Crippen LogP contribution in [0.5, 0.6) is 0 Å². The van der Waals surface area contributed by atoms with Crippen LogP contribution in [0, 0.1) is 5.92 Å². The maximum Gasteiger partial charge on any atom is 0.322 e. The number of furan rings is 1. The van der Waals surface area contributed by atoms with E-state index in [0.29, 0.717) is 5.92 Å². The molecule has 0 saturated carbocycles. The first-order chi connectivity index (χ1) is 8.52. The van der Waals surface area contributed by atoms with Crippen molar-refractivity contribution in [1.82, 2.24) is 5.32 Å². The SMILES string of the molecule is COC(=O)C(CC(C)C)NC(C)Cc1ccco1. The van der Waals surface area contributed by atoms with Gasteiger partial charge in [-0.2, -0.15) is 0 Å². The predicted octanol–water partition coefficient (Wildman–Crippen LogP) is 2.39. The fourth-order valence-corrected chi connectivity index (χ4v) is 1.98. The molecule has 1 heterocycles. The molecular weight excluding hydrogens is 230 g/mol. The molecule has 0 aliphatic carbocycles. The fourth-order valence-electron chi connectivity index (χ4n) is 1.98. The number of hydrogen-bond donors (Lipinski definition) is 1. The van der Waals surface area contributed by atoms with Gasteiger partial charge in [-0.15, -0.1) is 0 Å². The van der Waals surface area contributed by atoms with Crippen molar-refractivity contribution in [1.29, 1.82) is 0 Å². The number of carbonyl (C=O) groups is 1. The summed E-state index contributed by atoms with van der Waals surface area (Å²) in [5, 5.41) is 3.30. The van der Waals surface area contributed by atoms with E-state index in [1.165, 1.54) is 7.11 Å². The van der Waals surface area contributed by atoms with Gasteiger partial charge in [-0.05, 0) is 31.4 Å². The number of nitrogens with one attached hydrogen (secondary N) is 1. The second kappa shape index (κ2) is 7.21. The summed E-state index contributed by atoms with van der Waals surface area (Å²) in [4.78, 5) is 11.7. The summed E-state index contributed by atoms with van der Waals surface area (Å²) >= 11 is 0. The fraction of sp³-hybridized carbons (Fsp3) is 0.643. The zero-order chi connectivity index (χ0) is 13.5. The maximum absolute atomic E-state index is 11.7. The minimum absolute atomic E-state index is 0.166. The molecule has 1 rings (SSSR count). The Morgan fingerprint density at radius 2 is 2.17 bits per heavy atom. The van der Waals surface area contributed by atoms with Gasteiger partial charge < -0.3 is 14.5 Å². The van der Waals surface area contributed by atoms with Crippen molar-refractivity contribution < 1.29 is 13.9 Å². The van der Waals surface area contributed by atoms with Crippen molar-refractivity contribution in [2.75, 3.05) is 7.11 Å². The van der Waals surface area contributed by atoms with E-state index in [0.717, 1.165) is 18.6 Å². The first kappa shape index (κ1) is 14.8. The molecule has 0 aliphatic heterocycles. The second-order valence-corrected chi connectivity index (χ2v) is 5.06. The third-order valence-corrected chi connectivity index (χ3v) is 2.77. The summed E-state index contributed by atoms with van der Waals surface area (Å²) in [5.41, 5.74) is 0. The van der Waals surface area contributed by atoms with Gasteiger partial charge in [-0.25, -0.2) is 0 Å². The Labute approximate surface area is 109 Å². The molecule has 0 amide bonds. The molecule has 1 aromatic heterocycles. The Morgan fingerprint density at radius 1 is 1.44 bits per heavy atom. The van der Waals surface area contributed by atoms with Crippen molar-refractivity contribution in [3.05, 3.63) is 24.2 Å². The van der Waals surface area contributed by atoms with Gasteiger partial charge in [-0.1, -0.05) is 13.8 Å². The zero-order valence-electron chi connectivity index (χ0n) is 11.6. The Hall–Kier alpha value is -1.29. The van der Waals surface area contributed by atoms with Gasteiger partial charge in [0.2, 0.25) is 0 Å². The number of ether oxygens (including phenoxy) is 1. The second-order valence-electron chi connectivity index (χ2n) is 5.06. The average Bonchev–Trinajstić information content (AvgIpc) is 2.79. The quantitative estimate of drug-likeness (QED) is 0.758. The Kier molecular flexibility index (Phi) is 5.92. The van der Waals surface area contributed by atoms with Crippen molar-refractivity contribution in [3.8, 4) is 0 Å². The highest BCUT2D eigenvalue weighted by atomic mass is 16.5. The van der Waals surface area contributed by atoms with E-state index < -0.39 is 0 Å². The highest BCUT2D eigenvalue weighted by Crippen LogP contribution is 2.09. The molecule has 0 radical (unpaired) electrons. The van der Waals surface area contributed by atoms with Crippen LogP contribution in [0.15, 0.2) is 22.8 Å². The summed E-state index contributed by atoms with van der Waals surface area (Å²) in [7, 11) is 1.43. The Balaban J connectivity index is 2.51. The first-order valence-corrected chi connectivity index (χ1v) is 6.39. The number of methoxy groups -OCH3 is 1. The highest BCUT2D eigenvalue weighted by Gasteiger charge is 2.22. The molecule has 1 aromatic rings.